The number of thiocarbonyl (C=S) groups is 1. The molecule has 3 N–H and O–H groups in total. The maximum absolute atomic E-state index is 12.1. The minimum absolute atomic E-state index is 0.248. The summed E-state index contributed by atoms with van der Waals surface area (Å²) in [6.45, 7) is 1.78. The third kappa shape index (κ3) is 3.09. The molecule has 2 rings (SSSR count). The fourth-order valence-electron chi connectivity index (χ4n) is 1.47. The van der Waals surface area contributed by atoms with Crippen LogP contribution >= 0.6 is 35.2 Å². The number of carbonyl (C=O) groups excluding carboxylic acids is 1. The predicted molar refractivity (Wildman–Crippen MR) is 82.1 cm³/mol. The van der Waals surface area contributed by atoms with Crippen molar-refractivity contribution < 1.29 is 4.79 Å². The van der Waals surface area contributed by atoms with Crippen LogP contribution in [0.25, 0.3) is 0 Å². The lowest BCUT2D eigenvalue weighted by molar-refractivity contribution is 0.103. The molecule has 0 fully saturated rings. The topological polar surface area (TPSA) is 68.0 Å². The quantitative estimate of drug-likeness (QED) is 0.855. The molecule has 0 saturated heterocycles. The van der Waals surface area contributed by atoms with Gasteiger partial charge >= 0.3 is 0 Å². The molecule has 7 heteroatoms. The number of amides is 1. The van der Waals surface area contributed by atoms with E-state index in [2.05, 4.69) is 10.3 Å². The van der Waals surface area contributed by atoms with Crippen LogP contribution in [0.2, 0.25) is 5.02 Å². The Morgan fingerprint density at radius 1 is 1.53 bits per heavy atom. The molecule has 1 aromatic carbocycles. The van der Waals surface area contributed by atoms with Crippen LogP contribution < -0.4 is 11.1 Å². The monoisotopic (exact) mass is 311 g/mol. The molecule has 0 bridgehead atoms. The van der Waals surface area contributed by atoms with Gasteiger partial charge in [-0.25, -0.2) is 4.98 Å². The maximum atomic E-state index is 12.1. The first-order chi connectivity index (χ1) is 8.99. The number of nitrogens with two attached hydrogens (primary N) is 1. The van der Waals surface area contributed by atoms with E-state index in [-0.39, 0.29) is 10.9 Å². The van der Waals surface area contributed by atoms with E-state index < -0.39 is 0 Å². The average molecular weight is 312 g/mol. The van der Waals surface area contributed by atoms with E-state index in [1.54, 1.807) is 30.6 Å². The Morgan fingerprint density at radius 2 is 2.26 bits per heavy atom. The highest BCUT2D eigenvalue weighted by atomic mass is 35.5. The van der Waals surface area contributed by atoms with Crippen LogP contribution in [-0.4, -0.2) is 15.9 Å². The number of nitrogens with one attached hydrogen (secondary N) is 1. The van der Waals surface area contributed by atoms with Crippen molar-refractivity contribution in [1.82, 2.24) is 4.98 Å². The van der Waals surface area contributed by atoms with Crippen LogP contribution in [0.5, 0.6) is 0 Å². The Labute approximate surface area is 124 Å². The van der Waals surface area contributed by atoms with Crippen molar-refractivity contribution in [2.24, 2.45) is 5.73 Å². The van der Waals surface area contributed by atoms with Gasteiger partial charge < -0.3 is 11.1 Å². The molecule has 0 spiro atoms. The van der Waals surface area contributed by atoms with Crippen LogP contribution in [0, 0.1) is 6.92 Å². The Balaban J connectivity index is 2.28. The molecule has 19 heavy (non-hydrogen) atoms. The zero-order valence-electron chi connectivity index (χ0n) is 9.94. The summed E-state index contributed by atoms with van der Waals surface area (Å²) in [6.07, 6.45) is 0. The van der Waals surface area contributed by atoms with Crippen molar-refractivity contribution in [2.75, 3.05) is 5.32 Å². The molecule has 98 valence electrons. The number of rotatable bonds is 3. The number of hydrogen-bond donors (Lipinski definition) is 2. The fourth-order valence-corrected chi connectivity index (χ4v) is 2.46. The number of thiazole rings is 1. The molecule has 1 amide bonds. The number of aryl methyl sites for hydroxylation is 1. The normalized spacial score (nSPS) is 10.2. The first-order valence-electron chi connectivity index (χ1n) is 5.30. The molecule has 0 aliphatic rings. The molecule has 2 aromatic rings. The molecular formula is C12H10ClN3OS2. The second-order valence-electron chi connectivity index (χ2n) is 3.78. The number of nitrogens with zero attached hydrogens (tertiary/aromatic N) is 1. The first kappa shape index (κ1) is 13.9. The van der Waals surface area contributed by atoms with Crippen LogP contribution in [0.1, 0.15) is 20.9 Å². The van der Waals surface area contributed by atoms with Crippen molar-refractivity contribution in [3.8, 4) is 0 Å². The van der Waals surface area contributed by atoms with Gasteiger partial charge in [-0.05, 0) is 19.1 Å². The smallest absolute Gasteiger partial charge is 0.267 e. The minimum Gasteiger partial charge on any atom is -0.389 e. The molecule has 0 atom stereocenters. The minimum atomic E-state index is -0.248. The summed E-state index contributed by atoms with van der Waals surface area (Å²) in [5, 5.41) is 3.16. The van der Waals surface area contributed by atoms with Gasteiger partial charge in [-0.1, -0.05) is 29.9 Å². The molecule has 0 unspecified atom stereocenters. The molecule has 4 nitrogen and oxygen atoms in total. The Hall–Kier alpha value is -1.50. The fraction of sp³-hybridized carbons (Fsp3) is 0.0833. The SMILES string of the molecule is Cc1ncsc1C(=O)Nc1cc(C(N)=S)ccc1Cl. The zero-order chi connectivity index (χ0) is 14.0. The van der Waals surface area contributed by atoms with Crippen LogP contribution in [-0.2, 0) is 0 Å². The summed E-state index contributed by atoms with van der Waals surface area (Å²) in [5.74, 6) is -0.248. The first-order valence-corrected chi connectivity index (χ1v) is 6.96. The van der Waals surface area contributed by atoms with E-state index in [1.165, 1.54) is 11.3 Å². The summed E-state index contributed by atoms with van der Waals surface area (Å²) in [5.41, 5.74) is 8.98. The third-order valence-electron chi connectivity index (χ3n) is 2.45. The van der Waals surface area contributed by atoms with E-state index in [9.17, 15) is 4.79 Å². The van der Waals surface area contributed by atoms with Gasteiger partial charge in [-0.15, -0.1) is 11.3 Å². The zero-order valence-corrected chi connectivity index (χ0v) is 12.3. The summed E-state index contributed by atoms with van der Waals surface area (Å²) in [7, 11) is 0. The highest BCUT2D eigenvalue weighted by Gasteiger charge is 2.14. The molecule has 0 aliphatic heterocycles. The van der Waals surface area contributed by atoms with E-state index in [0.29, 0.717) is 26.8 Å². The van der Waals surface area contributed by atoms with Gasteiger partial charge in [0.2, 0.25) is 0 Å². The second kappa shape index (κ2) is 5.64. The summed E-state index contributed by atoms with van der Waals surface area (Å²) in [6, 6.07) is 5.00. The number of halogens is 1. The Bertz CT molecular complexity index is 654. The number of aromatic nitrogens is 1. The molecule has 0 saturated carbocycles. The van der Waals surface area contributed by atoms with Crippen LogP contribution in [0.3, 0.4) is 0 Å². The highest BCUT2D eigenvalue weighted by molar-refractivity contribution is 7.80. The molecular weight excluding hydrogens is 302 g/mol. The third-order valence-corrected chi connectivity index (χ3v) is 3.94. The Kier molecular flexibility index (Phi) is 4.14. The van der Waals surface area contributed by atoms with Crippen molar-refractivity contribution in [1.29, 1.82) is 0 Å². The van der Waals surface area contributed by atoms with Gasteiger partial charge in [0.1, 0.15) is 9.87 Å². The number of carbonyl (C=O) groups is 1. The van der Waals surface area contributed by atoms with E-state index in [0.717, 1.165) is 0 Å². The lowest BCUT2D eigenvalue weighted by Crippen LogP contribution is -2.14. The number of anilines is 1. The van der Waals surface area contributed by atoms with Crippen LogP contribution in [0.15, 0.2) is 23.7 Å². The molecule has 0 aliphatic carbocycles. The molecule has 0 radical (unpaired) electrons. The van der Waals surface area contributed by atoms with Gasteiger partial charge in [-0.2, -0.15) is 0 Å². The summed E-state index contributed by atoms with van der Waals surface area (Å²) >= 11 is 12.2. The van der Waals surface area contributed by atoms with Gasteiger partial charge in [-0.3, -0.25) is 4.79 Å². The maximum Gasteiger partial charge on any atom is 0.267 e. The molecule has 1 aromatic heterocycles. The summed E-state index contributed by atoms with van der Waals surface area (Å²) < 4.78 is 0. The standard InChI is InChI=1S/C12H10ClN3OS2/c1-6-10(19-5-15-6)12(17)16-9-4-7(11(14)18)2-3-8(9)13/h2-5H,1H3,(H2,14,18)(H,16,17). The predicted octanol–water partition coefficient (Wildman–Crippen LogP) is 2.99. The van der Waals surface area contributed by atoms with Crippen molar-refractivity contribution in [3.05, 3.63) is 44.9 Å². The van der Waals surface area contributed by atoms with E-state index in [1.807, 2.05) is 0 Å². The van der Waals surface area contributed by atoms with E-state index >= 15 is 0 Å². The summed E-state index contributed by atoms with van der Waals surface area (Å²) in [4.78, 5) is 16.9. The van der Waals surface area contributed by atoms with Crippen molar-refractivity contribution in [2.45, 2.75) is 6.92 Å². The average Bonchev–Trinajstić information content (AvgIpc) is 2.78. The Morgan fingerprint density at radius 3 is 2.84 bits per heavy atom. The van der Waals surface area contributed by atoms with Gasteiger partial charge in [0.05, 0.1) is 21.9 Å². The lowest BCUT2D eigenvalue weighted by Gasteiger charge is -2.08. The van der Waals surface area contributed by atoms with Gasteiger partial charge in [0.25, 0.3) is 5.91 Å². The van der Waals surface area contributed by atoms with E-state index in [4.69, 9.17) is 29.6 Å². The lowest BCUT2D eigenvalue weighted by atomic mass is 10.2. The van der Waals surface area contributed by atoms with Crippen molar-refractivity contribution in [3.63, 3.8) is 0 Å². The largest absolute Gasteiger partial charge is 0.389 e. The van der Waals surface area contributed by atoms with Gasteiger partial charge in [0.15, 0.2) is 0 Å². The second-order valence-corrected chi connectivity index (χ2v) is 5.48. The highest BCUT2D eigenvalue weighted by Crippen LogP contribution is 2.24. The number of hydrogen-bond acceptors (Lipinski definition) is 4. The molecule has 1 heterocycles. The number of benzene rings is 1. The van der Waals surface area contributed by atoms with Gasteiger partial charge in [0, 0.05) is 5.56 Å². The van der Waals surface area contributed by atoms with Crippen molar-refractivity contribution >= 4 is 51.7 Å². The van der Waals surface area contributed by atoms with Crippen LogP contribution in [0.4, 0.5) is 5.69 Å².